The lowest BCUT2D eigenvalue weighted by Gasteiger charge is -2.39. The number of aromatic nitrogens is 2. The Kier molecular flexibility index (Phi) is 6.75. The van der Waals surface area contributed by atoms with E-state index in [-0.39, 0.29) is 43.3 Å². The minimum absolute atomic E-state index is 0.00926. The van der Waals surface area contributed by atoms with Crippen LogP contribution in [0.25, 0.3) is 11.0 Å². The second kappa shape index (κ2) is 9.37. The number of hydrogen-bond donors (Lipinski definition) is 0. The summed E-state index contributed by atoms with van der Waals surface area (Å²) in [7, 11) is 1.52. The molecule has 1 fully saturated rings. The van der Waals surface area contributed by atoms with Gasteiger partial charge in [0.15, 0.2) is 5.78 Å². The summed E-state index contributed by atoms with van der Waals surface area (Å²) in [6.07, 6.45) is -0.405. The quantitative estimate of drug-likeness (QED) is 0.413. The smallest absolute Gasteiger partial charge is 0.410 e. The van der Waals surface area contributed by atoms with Gasteiger partial charge in [-0.3, -0.25) is 13.9 Å². The molecule has 36 heavy (non-hydrogen) atoms. The Bertz CT molecular complexity index is 1510. The summed E-state index contributed by atoms with van der Waals surface area (Å²) in [5.41, 5.74) is -0.336. The summed E-state index contributed by atoms with van der Waals surface area (Å²) in [6, 6.07) is 7.06. The van der Waals surface area contributed by atoms with Gasteiger partial charge in [-0.1, -0.05) is 11.6 Å². The molecule has 0 N–H and O–H groups in total. The van der Waals surface area contributed by atoms with E-state index in [1.54, 1.807) is 31.7 Å². The van der Waals surface area contributed by atoms with E-state index in [2.05, 4.69) is 15.9 Å². The molecule has 4 rings (SSSR count). The van der Waals surface area contributed by atoms with Crippen molar-refractivity contribution in [2.75, 3.05) is 13.1 Å². The number of ketones is 1. The summed E-state index contributed by atoms with van der Waals surface area (Å²) in [6.45, 7) is 6.56. The van der Waals surface area contributed by atoms with Crippen LogP contribution in [0.15, 0.2) is 33.5 Å². The third-order valence-electron chi connectivity index (χ3n) is 5.94. The third-order valence-corrected chi connectivity index (χ3v) is 6.89. The number of rotatable bonds is 4. The molecule has 1 aromatic heterocycles. The summed E-state index contributed by atoms with van der Waals surface area (Å²) >= 11 is 9.50. The van der Waals surface area contributed by atoms with E-state index in [1.807, 2.05) is 6.07 Å². The number of imidazole rings is 1. The van der Waals surface area contributed by atoms with Crippen molar-refractivity contribution in [1.82, 2.24) is 14.0 Å². The molecule has 1 aliphatic rings. The Hall–Kier alpha value is -3.16. The fraction of sp³-hybridized carbons (Fsp3) is 0.360. The summed E-state index contributed by atoms with van der Waals surface area (Å²) < 4.78 is 22.3. The van der Waals surface area contributed by atoms with Gasteiger partial charge in [-0.15, -0.1) is 0 Å². The van der Waals surface area contributed by atoms with E-state index in [0.717, 1.165) is 12.1 Å². The van der Waals surface area contributed by atoms with Crippen LogP contribution in [0.5, 0.6) is 0 Å². The van der Waals surface area contributed by atoms with Gasteiger partial charge >= 0.3 is 11.8 Å². The highest BCUT2D eigenvalue weighted by molar-refractivity contribution is 9.10. The van der Waals surface area contributed by atoms with Crippen molar-refractivity contribution in [3.05, 3.63) is 66.8 Å². The first-order valence-corrected chi connectivity index (χ1v) is 12.3. The predicted molar refractivity (Wildman–Crippen MR) is 136 cm³/mol. The van der Waals surface area contributed by atoms with Crippen molar-refractivity contribution >= 4 is 50.4 Å². The molecular formula is C25H23BrClFN4O4. The van der Waals surface area contributed by atoms with Crippen molar-refractivity contribution in [1.29, 1.82) is 5.26 Å². The predicted octanol–water partition coefficient (Wildman–Crippen LogP) is 4.86. The van der Waals surface area contributed by atoms with Crippen LogP contribution in [0.4, 0.5) is 9.18 Å². The van der Waals surface area contributed by atoms with E-state index in [1.165, 1.54) is 22.2 Å². The molecule has 0 spiro atoms. The second-order valence-electron chi connectivity index (χ2n) is 9.74. The van der Waals surface area contributed by atoms with E-state index < -0.39 is 23.3 Å². The first-order chi connectivity index (χ1) is 16.8. The van der Waals surface area contributed by atoms with Crippen molar-refractivity contribution in [3.63, 3.8) is 0 Å². The SMILES string of the molecule is Cn1c(=O)n(CC2CN(C(=O)OC(C)(C)C)C2)c2cc(Br)c(C(=O)c3cc(F)ccc3Cl)c(C#N)c21. The largest absolute Gasteiger partial charge is 0.444 e. The first-order valence-electron chi connectivity index (χ1n) is 11.1. The minimum atomic E-state index is -0.642. The van der Waals surface area contributed by atoms with Gasteiger partial charge in [0.1, 0.15) is 17.5 Å². The fourth-order valence-corrected chi connectivity index (χ4v) is 5.08. The van der Waals surface area contributed by atoms with E-state index in [4.69, 9.17) is 16.3 Å². The van der Waals surface area contributed by atoms with Gasteiger partial charge in [-0.25, -0.2) is 14.0 Å². The maximum atomic E-state index is 13.8. The molecule has 1 amide bonds. The first kappa shape index (κ1) is 25.9. The van der Waals surface area contributed by atoms with Gasteiger partial charge in [0.2, 0.25) is 0 Å². The van der Waals surface area contributed by atoms with Crippen LogP contribution in [-0.4, -0.2) is 44.6 Å². The number of carbonyl (C=O) groups is 2. The molecule has 0 bridgehead atoms. The monoisotopic (exact) mass is 576 g/mol. The fourth-order valence-electron chi connectivity index (χ4n) is 4.28. The zero-order chi connectivity index (χ0) is 26.5. The van der Waals surface area contributed by atoms with Crippen molar-refractivity contribution in [3.8, 4) is 6.07 Å². The Morgan fingerprint density at radius 2 is 1.94 bits per heavy atom. The summed E-state index contributed by atoms with van der Waals surface area (Å²) in [4.78, 5) is 40.3. The second-order valence-corrected chi connectivity index (χ2v) is 11.0. The molecule has 2 aromatic carbocycles. The van der Waals surface area contributed by atoms with Gasteiger partial charge in [0.25, 0.3) is 0 Å². The summed E-state index contributed by atoms with van der Waals surface area (Å²) in [5.74, 6) is -1.27. The zero-order valence-electron chi connectivity index (χ0n) is 20.1. The lowest BCUT2D eigenvalue weighted by Crippen LogP contribution is -2.53. The van der Waals surface area contributed by atoms with Crippen LogP contribution in [0, 0.1) is 23.1 Å². The number of nitrogens with zero attached hydrogens (tertiary/aromatic N) is 4. The van der Waals surface area contributed by atoms with Crippen molar-refractivity contribution in [2.45, 2.75) is 32.9 Å². The average molecular weight is 578 g/mol. The molecule has 8 nitrogen and oxygen atoms in total. The number of likely N-dealkylation sites (tertiary alicyclic amines) is 1. The third kappa shape index (κ3) is 4.65. The molecule has 0 aliphatic carbocycles. The molecule has 1 aliphatic heterocycles. The number of halogens is 3. The summed E-state index contributed by atoms with van der Waals surface area (Å²) in [5, 5.41) is 10.0. The minimum Gasteiger partial charge on any atom is -0.444 e. The molecular weight excluding hydrogens is 555 g/mol. The molecule has 0 saturated carbocycles. The zero-order valence-corrected chi connectivity index (χ0v) is 22.4. The van der Waals surface area contributed by atoms with E-state index >= 15 is 0 Å². The Labute approximate surface area is 219 Å². The molecule has 0 unspecified atom stereocenters. The molecule has 1 saturated heterocycles. The van der Waals surface area contributed by atoms with Crippen LogP contribution < -0.4 is 5.69 Å². The Morgan fingerprint density at radius 3 is 2.56 bits per heavy atom. The van der Waals surface area contributed by atoms with Gasteiger partial charge in [0, 0.05) is 42.6 Å². The Balaban J connectivity index is 1.71. The maximum absolute atomic E-state index is 13.8. The highest BCUT2D eigenvalue weighted by Gasteiger charge is 2.35. The lowest BCUT2D eigenvalue weighted by molar-refractivity contribution is -0.00331. The van der Waals surface area contributed by atoms with Crippen LogP contribution in [0.3, 0.4) is 0 Å². The number of nitriles is 1. The number of hydrogen-bond acceptors (Lipinski definition) is 5. The topological polar surface area (TPSA) is 97.3 Å². The standard InChI is InChI=1S/C25H23BrClFN4O4/c1-25(2,3)36-24(35)31-10-13(11-31)12-32-19-8-17(26)20(16(9-29)21(19)30(4)23(32)34)22(33)15-7-14(28)5-6-18(15)27/h5-8,13H,10-12H2,1-4H3. The van der Waals surface area contributed by atoms with Crippen LogP contribution in [0.2, 0.25) is 5.02 Å². The number of carbonyl (C=O) groups excluding carboxylic acids is 2. The van der Waals surface area contributed by atoms with Crippen molar-refractivity contribution < 1.29 is 18.7 Å². The maximum Gasteiger partial charge on any atom is 0.410 e. The van der Waals surface area contributed by atoms with E-state index in [0.29, 0.717) is 25.2 Å². The number of aryl methyl sites for hydroxylation is 1. The molecule has 11 heteroatoms. The highest BCUT2D eigenvalue weighted by Crippen LogP contribution is 2.33. The molecule has 3 aromatic rings. The number of fused-ring (bicyclic) bond motifs is 1. The Morgan fingerprint density at radius 1 is 1.28 bits per heavy atom. The van der Waals surface area contributed by atoms with E-state index in [9.17, 15) is 24.0 Å². The highest BCUT2D eigenvalue weighted by atomic mass is 79.9. The number of ether oxygens (including phenoxy) is 1. The number of amides is 1. The van der Waals surface area contributed by atoms with Crippen LogP contribution in [0.1, 0.15) is 42.3 Å². The van der Waals surface area contributed by atoms with Gasteiger partial charge in [0.05, 0.1) is 27.2 Å². The van der Waals surface area contributed by atoms with Gasteiger partial charge in [-0.2, -0.15) is 5.26 Å². The normalized spacial score (nSPS) is 14.0. The molecule has 2 heterocycles. The lowest BCUT2D eigenvalue weighted by atomic mass is 9.97. The molecule has 188 valence electrons. The van der Waals surface area contributed by atoms with Crippen LogP contribution >= 0.6 is 27.5 Å². The molecule has 0 atom stereocenters. The van der Waals surface area contributed by atoms with Gasteiger partial charge < -0.3 is 9.64 Å². The average Bonchev–Trinajstić information content (AvgIpc) is 2.98. The van der Waals surface area contributed by atoms with Gasteiger partial charge in [-0.05, 0) is 61.0 Å². The molecule has 0 radical (unpaired) electrons. The van der Waals surface area contributed by atoms with Crippen molar-refractivity contribution in [2.24, 2.45) is 13.0 Å². The number of benzene rings is 2. The van der Waals surface area contributed by atoms with Crippen LogP contribution in [-0.2, 0) is 18.3 Å².